The summed E-state index contributed by atoms with van der Waals surface area (Å²) in [6.07, 6.45) is 9.66. The fourth-order valence-electron chi connectivity index (χ4n) is 2.18. The molecule has 1 aliphatic heterocycles. The first-order chi connectivity index (χ1) is 11.1. The van der Waals surface area contributed by atoms with E-state index in [1.165, 1.54) is 0 Å². The maximum Gasteiger partial charge on any atom is 0.162 e. The van der Waals surface area contributed by atoms with Crippen LogP contribution >= 0.6 is 0 Å². The molecule has 0 saturated heterocycles. The summed E-state index contributed by atoms with van der Waals surface area (Å²) in [5, 5.41) is 0. The van der Waals surface area contributed by atoms with Gasteiger partial charge in [-0.3, -0.25) is 0 Å². The number of hydrogen-bond donors (Lipinski definition) is 1. The summed E-state index contributed by atoms with van der Waals surface area (Å²) in [6, 6.07) is 7.86. The molecule has 23 heavy (non-hydrogen) atoms. The van der Waals surface area contributed by atoms with Gasteiger partial charge in [-0.05, 0) is 25.0 Å². The molecule has 0 aromatic heterocycles. The normalized spacial score (nSPS) is 12.4. The van der Waals surface area contributed by atoms with Crippen LogP contribution in [0.3, 0.4) is 0 Å². The van der Waals surface area contributed by atoms with E-state index in [1.807, 2.05) is 30.3 Å². The van der Waals surface area contributed by atoms with Gasteiger partial charge in [0.15, 0.2) is 5.75 Å². The van der Waals surface area contributed by atoms with E-state index >= 15 is 0 Å². The molecule has 5 heteroatoms. The lowest BCUT2D eigenvalue weighted by atomic mass is 10.2. The molecule has 0 amide bonds. The van der Waals surface area contributed by atoms with Crippen LogP contribution in [0, 0.1) is 0 Å². The number of nitrogens with one attached hydrogen (secondary N) is 1. The Hall–Kier alpha value is -1.49. The van der Waals surface area contributed by atoms with Gasteiger partial charge in [0.2, 0.25) is 0 Å². The van der Waals surface area contributed by atoms with Gasteiger partial charge in [0, 0.05) is 11.8 Å². The van der Waals surface area contributed by atoms with E-state index in [4.69, 9.17) is 4.84 Å². The van der Waals surface area contributed by atoms with Gasteiger partial charge in [0.1, 0.15) is 9.84 Å². The second-order valence-electron chi connectivity index (χ2n) is 5.66. The van der Waals surface area contributed by atoms with Crippen molar-refractivity contribution in [3.8, 4) is 5.75 Å². The van der Waals surface area contributed by atoms with Crippen molar-refractivity contribution in [3.05, 3.63) is 36.0 Å². The Labute approximate surface area is 140 Å². The first-order valence-electron chi connectivity index (χ1n) is 8.47. The van der Waals surface area contributed by atoms with Gasteiger partial charge < -0.3 is 4.84 Å². The lowest BCUT2D eigenvalue weighted by molar-refractivity contribution is 0.239. The number of benzene rings is 1. The Morgan fingerprint density at radius 3 is 2.13 bits per heavy atom. The number of para-hydroxylation sites is 1. The van der Waals surface area contributed by atoms with Crippen LogP contribution in [0.1, 0.15) is 57.9 Å². The average molecular weight is 340 g/mol. The van der Waals surface area contributed by atoms with Gasteiger partial charge in [0.05, 0.1) is 11.5 Å². The van der Waals surface area contributed by atoms with Gasteiger partial charge in [-0.1, -0.05) is 57.7 Å². The lowest BCUT2D eigenvalue weighted by Gasteiger charge is -2.11. The van der Waals surface area contributed by atoms with Crippen LogP contribution in [0.25, 0.3) is 6.08 Å². The highest BCUT2D eigenvalue weighted by atomic mass is 32.2. The Kier molecular flexibility index (Phi) is 9.45. The van der Waals surface area contributed by atoms with E-state index in [1.54, 1.807) is 6.20 Å². The van der Waals surface area contributed by atoms with Crippen molar-refractivity contribution in [1.29, 1.82) is 0 Å². The van der Waals surface area contributed by atoms with Crippen LogP contribution in [0.4, 0.5) is 0 Å². The molecule has 1 N–H and O–H groups in total. The zero-order valence-corrected chi connectivity index (χ0v) is 15.1. The van der Waals surface area contributed by atoms with Crippen molar-refractivity contribution >= 4 is 15.9 Å². The molecule has 0 radical (unpaired) electrons. The molecule has 1 heterocycles. The predicted octanol–water partition coefficient (Wildman–Crippen LogP) is 4.34. The Morgan fingerprint density at radius 2 is 1.57 bits per heavy atom. The number of sulfone groups is 1. The van der Waals surface area contributed by atoms with E-state index in [-0.39, 0.29) is 0 Å². The van der Waals surface area contributed by atoms with Crippen LogP contribution in [0.2, 0.25) is 0 Å². The van der Waals surface area contributed by atoms with Crippen LogP contribution < -0.4 is 10.3 Å². The third kappa shape index (κ3) is 8.65. The molecule has 1 aliphatic rings. The molecule has 130 valence electrons. The summed E-state index contributed by atoms with van der Waals surface area (Å²) in [5.74, 6) is 1.67. The molecule has 0 fully saturated rings. The summed E-state index contributed by atoms with van der Waals surface area (Å²) in [5.41, 5.74) is 3.77. The molecule has 1 aromatic carbocycles. The van der Waals surface area contributed by atoms with E-state index in [0.717, 1.165) is 49.8 Å². The third-order valence-electron chi connectivity index (χ3n) is 3.54. The maximum atomic E-state index is 11.4. The first-order valence-corrected chi connectivity index (χ1v) is 10.3. The molecule has 0 atom stereocenters. The standard InChI is InChI=1S/C10H22O2S.C8H7NO/c1-3-5-7-9-13(11,12)10-8-6-4-2;1-2-4-8-7(3-1)5-6-9-10-8/h3-10H2,1-2H3;1-6,9H. The molecule has 0 aliphatic carbocycles. The number of hydroxylamine groups is 1. The topological polar surface area (TPSA) is 55.4 Å². The van der Waals surface area contributed by atoms with Gasteiger partial charge in [0.25, 0.3) is 0 Å². The second kappa shape index (κ2) is 11.1. The zero-order chi connectivity index (χ0) is 17.0. The monoisotopic (exact) mass is 339 g/mol. The van der Waals surface area contributed by atoms with Crippen molar-refractivity contribution in [1.82, 2.24) is 5.48 Å². The SMILES string of the molecule is C1=Cc2ccccc2ON1.CCCCCS(=O)(=O)CCCCC. The average Bonchev–Trinajstić information content (AvgIpc) is 2.56. The van der Waals surface area contributed by atoms with E-state index in [0.29, 0.717) is 11.5 Å². The highest BCUT2D eigenvalue weighted by molar-refractivity contribution is 7.91. The summed E-state index contributed by atoms with van der Waals surface area (Å²) in [6.45, 7) is 4.17. The Morgan fingerprint density at radius 1 is 0.957 bits per heavy atom. The highest BCUT2D eigenvalue weighted by Crippen LogP contribution is 2.20. The Bertz CT molecular complexity index is 551. The number of fused-ring (bicyclic) bond motifs is 1. The van der Waals surface area contributed by atoms with E-state index < -0.39 is 9.84 Å². The number of unbranched alkanes of at least 4 members (excludes halogenated alkanes) is 4. The second-order valence-corrected chi connectivity index (χ2v) is 7.96. The first kappa shape index (κ1) is 19.6. The molecule has 0 unspecified atom stereocenters. The molecule has 4 nitrogen and oxygen atoms in total. The van der Waals surface area contributed by atoms with Crippen LogP contribution in [-0.4, -0.2) is 19.9 Å². The predicted molar refractivity (Wildman–Crippen MR) is 96.9 cm³/mol. The van der Waals surface area contributed by atoms with Crippen molar-refractivity contribution in [3.63, 3.8) is 0 Å². The quantitative estimate of drug-likeness (QED) is 0.716. The minimum Gasteiger partial charge on any atom is -0.382 e. The molecule has 0 spiro atoms. The van der Waals surface area contributed by atoms with Crippen molar-refractivity contribution in [2.75, 3.05) is 11.5 Å². The van der Waals surface area contributed by atoms with Crippen LogP contribution in [0.15, 0.2) is 30.5 Å². The van der Waals surface area contributed by atoms with Crippen molar-refractivity contribution < 1.29 is 13.3 Å². The van der Waals surface area contributed by atoms with Crippen LogP contribution in [0.5, 0.6) is 5.75 Å². The molecular weight excluding hydrogens is 310 g/mol. The molecule has 0 bridgehead atoms. The molecule has 2 rings (SSSR count). The Balaban J connectivity index is 0.000000235. The zero-order valence-electron chi connectivity index (χ0n) is 14.3. The van der Waals surface area contributed by atoms with E-state index in [2.05, 4.69) is 19.3 Å². The molecule has 1 aromatic rings. The fourth-order valence-corrected chi connectivity index (χ4v) is 3.67. The van der Waals surface area contributed by atoms with E-state index in [9.17, 15) is 8.42 Å². The third-order valence-corrected chi connectivity index (χ3v) is 5.36. The summed E-state index contributed by atoms with van der Waals surface area (Å²) >= 11 is 0. The lowest BCUT2D eigenvalue weighted by Crippen LogP contribution is -2.13. The van der Waals surface area contributed by atoms with Crippen molar-refractivity contribution in [2.45, 2.75) is 52.4 Å². The smallest absolute Gasteiger partial charge is 0.162 e. The molecular formula is C18H29NO3S. The number of hydrogen-bond acceptors (Lipinski definition) is 4. The maximum absolute atomic E-state index is 11.4. The van der Waals surface area contributed by atoms with Gasteiger partial charge in [-0.2, -0.15) is 0 Å². The number of rotatable bonds is 8. The summed E-state index contributed by atoms with van der Waals surface area (Å²) in [7, 11) is -2.73. The van der Waals surface area contributed by atoms with Crippen LogP contribution in [-0.2, 0) is 9.84 Å². The highest BCUT2D eigenvalue weighted by Gasteiger charge is 2.08. The summed E-state index contributed by atoms with van der Waals surface area (Å²) < 4.78 is 22.8. The molecule has 0 saturated carbocycles. The fraction of sp³-hybridized carbons (Fsp3) is 0.556. The largest absolute Gasteiger partial charge is 0.382 e. The summed E-state index contributed by atoms with van der Waals surface area (Å²) in [4.78, 5) is 5.09. The van der Waals surface area contributed by atoms with Crippen molar-refractivity contribution in [2.24, 2.45) is 0 Å². The minimum atomic E-state index is -2.73. The van der Waals surface area contributed by atoms with Gasteiger partial charge >= 0.3 is 0 Å². The minimum absolute atomic E-state index is 0.393. The van der Waals surface area contributed by atoms with Gasteiger partial charge in [-0.25, -0.2) is 13.9 Å². The van der Waals surface area contributed by atoms with Gasteiger partial charge in [-0.15, -0.1) is 0 Å².